The van der Waals surface area contributed by atoms with Crippen LogP contribution in [-0.4, -0.2) is 35.1 Å². The van der Waals surface area contributed by atoms with E-state index in [0.29, 0.717) is 22.8 Å². The summed E-state index contributed by atoms with van der Waals surface area (Å²) >= 11 is 5.84. The number of nitrogen functional groups attached to an aromatic ring is 1. The van der Waals surface area contributed by atoms with Crippen LogP contribution in [0.15, 0.2) is 12.3 Å². The second kappa shape index (κ2) is 4.35. The van der Waals surface area contributed by atoms with Crippen molar-refractivity contribution >= 4 is 23.1 Å². The first-order valence-electron chi connectivity index (χ1n) is 6.15. The molecule has 17 heavy (non-hydrogen) atoms. The van der Waals surface area contributed by atoms with Gasteiger partial charge in [0.05, 0.1) is 10.7 Å². The molecule has 1 aromatic heterocycles. The number of anilines is 2. The highest BCUT2D eigenvalue weighted by Gasteiger charge is 2.37. The van der Waals surface area contributed by atoms with Crippen LogP contribution in [0.25, 0.3) is 0 Å². The van der Waals surface area contributed by atoms with E-state index in [0.717, 1.165) is 5.82 Å². The van der Waals surface area contributed by atoms with Gasteiger partial charge in [-0.1, -0.05) is 11.6 Å². The molecule has 0 bridgehead atoms. The number of hydrogen-bond acceptors (Lipinski definition) is 4. The number of aromatic nitrogens is 1. The molecule has 92 valence electrons. The second-order valence-electron chi connectivity index (χ2n) is 4.88. The van der Waals surface area contributed by atoms with Gasteiger partial charge in [-0.2, -0.15) is 0 Å². The third-order valence-electron chi connectivity index (χ3n) is 3.81. The Morgan fingerprint density at radius 3 is 3.12 bits per heavy atom. The molecule has 2 aliphatic heterocycles. The number of halogens is 1. The summed E-state index contributed by atoms with van der Waals surface area (Å²) in [5, 5.41) is 4.06. The molecule has 0 radical (unpaired) electrons. The molecular weight excluding hydrogens is 236 g/mol. The van der Waals surface area contributed by atoms with Gasteiger partial charge in [0.15, 0.2) is 0 Å². The molecule has 0 amide bonds. The van der Waals surface area contributed by atoms with Crippen LogP contribution in [0.4, 0.5) is 11.5 Å². The molecule has 2 atom stereocenters. The highest BCUT2D eigenvalue weighted by Crippen LogP contribution is 2.31. The van der Waals surface area contributed by atoms with Crippen molar-refractivity contribution in [3.05, 3.63) is 17.3 Å². The average Bonchev–Trinajstić information content (AvgIpc) is 2.86. The predicted molar refractivity (Wildman–Crippen MR) is 70.3 cm³/mol. The van der Waals surface area contributed by atoms with E-state index >= 15 is 0 Å². The Morgan fingerprint density at radius 1 is 1.41 bits per heavy atom. The molecule has 3 N–H and O–H groups in total. The van der Waals surface area contributed by atoms with E-state index in [4.69, 9.17) is 17.3 Å². The van der Waals surface area contributed by atoms with Crippen LogP contribution >= 0.6 is 11.6 Å². The van der Waals surface area contributed by atoms with Crippen molar-refractivity contribution in [3.8, 4) is 0 Å². The van der Waals surface area contributed by atoms with E-state index in [-0.39, 0.29) is 0 Å². The smallest absolute Gasteiger partial charge is 0.149 e. The number of nitrogens with two attached hydrogens (primary N) is 1. The van der Waals surface area contributed by atoms with Crippen molar-refractivity contribution in [3.63, 3.8) is 0 Å². The molecule has 3 rings (SSSR count). The zero-order valence-electron chi connectivity index (χ0n) is 9.69. The lowest BCUT2D eigenvalue weighted by atomic mass is 10.1. The van der Waals surface area contributed by atoms with Gasteiger partial charge < -0.3 is 11.1 Å². The monoisotopic (exact) mass is 252 g/mol. The second-order valence-corrected chi connectivity index (χ2v) is 5.31. The zero-order chi connectivity index (χ0) is 11.8. The first kappa shape index (κ1) is 11.1. The lowest BCUT2D eigenvalue weighted by Gasteiger charge is -2.22. The molecule has 2 fully saturated rings. The molecule has 0 spiro atoms. The Labute approximate surface area is 106 Å². The minimum Gasteiger partial charge on any atom is -0.396 e. The minimum absolute atomic E-state index is 0.480. The first-order valence-corrected chi connectivity index (χ1v) is 6.53. The van der Waals surface area contributed by atoms with Crippen molar-refractivity contribution in [1.82, 2.24) is 9.88 Å². The Kier molecular flexibility index (Phi) is 2.84. The van der Waals surface area contributed by atoms with Crippen LogP contribution in [0.3, 0.4) is 0 Å². The Bertz CT molecular complexity index is 423. The number of fused-ring (bicyclic) bond motifs is 1. The van der Waals surface area contributed by atoms with E-state index in [2.05, 4.69) is 15.2 Å². The van der Waals surface area contributed by atoms with Crippen LogP contribution in [0.1, 0.15) is 19.3 Å². The minimum atomic E-state index is 0.480. The van der Waals surface area contributed by atoms with Crippen molar-refractivity contribution in [2.24, 2.45) is 0 Å². The molecule has 2 aliphatic rings. The number of nitrogens with zero attached hydrogens (tertiary/aromatic N) is 2. The van der Waals surface area contributed by atoms with Gasteiger partial charge in [0, 0.05) is 24.8 Å². The molecular formula is C12H17ClN4. The Morgan fingerprint density at radius 2 is 2.29 bits per heavy atom. The van der Waals surface area contributed by atoms with Crippen LogP contribution in [0.5, 0.6) is 0 Å². The van der Waals surface area contributed by atoms with Crippen molar-refractivity contribution in [2.75, 3.05) is 24.1 Å². The van der Waals surface area contributed by atoms with Crippen LogP contribution in [0.2, 0.25) is 5.02 Å². The van der Waals surface area contributed by atoms with Gasteiger partial charge >= 0.3 is 0 Å². The quantitative estimate of drug-likeness (QED) is 0.845. The van der Waals surface area contributed by atoms with Gasteiger partial charge in [0.2, 0.25) is 0 Å². The maximum atomic E-state index is 5.91. The molecule has 5 heteroatoms. The number of nitrogens with one attached hydrogen (secondary N) is 1. The summed E-state index contributed by atoms with van der Waals surface area (Å²) in [4.78, 5) is 6.83. The summed E-state index contributed by atoms with van der Waals surface area (Å²) in [6.45, 7) is 2.43. The summed E-state index contributed by atoms with van der Waals surface area (Å²) in [6, 6.07) is 2.89. The van der Waals surface area contributed by atoms with Gasteiger partial charge in [0.25, 0.3) is 0 Å². The van der Waals surface area contributed by atoms with Gasteiger partial charge in [0.1, 0.15) is 5.82 Å². The third-order valence-corrected chi connectivity index (χ3v) is 4.02. The maximum Gasteiger partial charge on any atom is 0.149 e. The highest BCUT2D eigenvalue weighted by molar-refractivity contribution is 6.30. The van der Waals surface area contributed by atoms with Crippen molar-refractivity contribution in [2.45, 2.75) is 31.3 Å². The number of hydrogen-bond donors (Lipinski definition) is 2. The van der Waals surface area contributed by atoms with E-state index < -0.39 is 0 Å². The molecule has 2 saturated heterocycles. The third kappa shape index (κ3) is 2.07. The van der Waals surface area contributed by atoms with Gasteiger partial charge in [-0.3, -0.25) is 4.90 Å². The van der Waals surface area contributed by atoms with Gasteiger partial charge in [-0.15, -0.1) is 0 Å². The van der Waals surface area contributed by atoms with E-state index in [1.165, 1.54) is 32.4 Å². The molecule has 4 nitrogen and oxygen atoms in total. The summed E-state index contributed by atoms with van der Waals surface area (Å²) in [5.74, 6) is 0.771. The maximum absolute atomic E-state index is 5.91. The molecule has 2 unspecified atom stereocenters. The summed E-state index contributed by atoms with van der Waals surface area (Å²) < 4.78 is 0. The molecule has 0 saturated carbocycles. The standard InChI is InChI=1S/C12H17ClN4/c13-8-6-9(14)12(15-7-8)16-10-3-5-17-4-1-2-11(10)17/h6-7,10-11H,1-5,14H2,(H,15,16). The lowest BCUT2D eigenvalue weighted by molar-refractivity contribution is 0.318. The topological polar surface area (TPSA) is 54.2 Å². The van der Waals surface area contributed by atoms with Crippen molar-refractivity contribution in [1.29, 1.82) is 0 Å². The fourth-order valence-electron chi connectivity index (χ4n) is 3.00. The fourth-order valence-corrected chi connectivity index (χ4v) is 3.17. The molecule has 1 aromatic rings. The van der Waals surface area contributed by atoms with E-state index in [9.17, 15) is 0 Å². The van der Waals surface area contributed by atoms with E-state index in [1.807, 2.05) is 0 Å². The SMILES string of the molecule is Nc1cc(Cl)cnc1NC1CCN2CCCC12. The molecule has 0 aromatic carbocycles. The van der Waals surface area contributed by atoms with Crippen LogP contribution in [0, 0.1) is 0 Å². The normalized spacial score (nSPS) is 28.3. The average molecular weight is 253 g/mol. The summed E-state index contributed by atoms with van der Waals surface area (Å²) in [6.07, 6.45) is 5.41. The Hall–Kier alpha value is -1.00. The fraction of sp³-hybridized carbons (Fsp3) is 0.583. The predicted octanol–water partition coefficient (Wildman–Crippen LogP) is 1.97. The highest BCUT2D eigenvalue weighted by atomic mass is 35.5. The van der Waals surface area contributed by atoms with Crippen LogP contribution in [-0.2, 0) is 0 Å². The number of rotatable bonds is 2. The first-order chi connectivity index (χ1) is 8.24. The van der Waals surface area contributed by atoms with Gasteiger partial charge in [-0.05, 0) is 31.9 Å². The number of pyridine rings is 1. The van der Waals surface area contributed by atoms with Gasteiger partial charge in [-0.25, -0.2) is 4.98 Å². The van der Waals surface area contributed by atoms with Crippen molar-refractivity contribution < 1.29 is 0 Å². The Balaban J connectivity index is 1.74. The summed E-state index contributed by atoms with van der Waals surface area (Å²) in [7, 11) is 0. The van der Waals surface area contributed by atoms with E-state index in [1.54, 1.807) is 12.3 Å². The molecule has 3 heterocycles. The largest absolute Gasteiger partial charge is 0.396 e. The lowest BCUT2D eigenvalue weighted by Crippen LogP contribution is -2.34. The van der Waals surface area contributed by atoms with Crippen LogP contribution < -0.4 is 11.1 Å². The summed E-state index contributed by atoms with van der Waals surface area (Å²) in [5.41, 5.74) is 6.55. The molecule has 0 aliphatic carbocycles. The zero-order valence-corrected chi connectivity index (χ0v) is 10.5.